The summed E-state index contributed by atoms with van der Waals surface area (Å²) in [6.07, 6.45) is 0. The predicted octanol–water partition coefficient (Wildman–Crippen LogP) is 11.6. The maximum atomic E-state index is 9.78. The van der Waals surface area contributed by atoms with Crippen molar-refractivity contribution in [2.45, 2.75) is 5.41 Å². The molecule has 0 bridgehead atoms. The molecule has 55 heavy (non-hydrogen) atoms. The quantitative estimate of drug-likeness (QED) is 0.130. The average molecular weight is 755 g/mol. The van der Waals surface area contributed by atoms with E-state index in [1.807, 2.05) is 36.4 Å². The summed E-state index contributed by atoms with van der Waals surface area (Å²) in [5.41, 5.74) is 12.7. The minimum absolute atomic E-state index is 0.0787. The van der Waals surface area contributed by atoms with Crippen LogP contribution in [0.4, 0.5) is 0 Å². The van der Waals surface area contributed by atoms with E-state index in [0.29, 0.717) is 0 Å². The molecule has 0 saturated heterocycles. The molecule has 0 unspecified atom stereocenters. The van der Waals surface area contributed by atoms with E-state index in [1.54, 1.807) is 22.7 Å². The van der Waals surface area contributed by atoms with Crippen molar-refractivity contribution in [3.63, 3.8) is 0 Å². The number of benzene rings is 6. The van der Waals surface area contributed by atoms with E-state index >= 15 is 0 Å². The van der Waals surface area contributed by atoms with E-state index in [9.17, 15) is 10.2 Å². The van der Waals surface area contributed by atoms with E-state index in [0.717, 1.165) is 44.9 Å². The Balaban J connectivity index is 1.43. The summed E-state index contributed by atoms with van der Waals surface area (Å²) < 4.78 is 12.4. The molecule has 6 aromatic carbocycles. The van der Waals surface area contributed by atoms with Gasteiger partial charge in [-0.2, -0.15) is 0 Å². The molecule has 1 aliphatic carbocycles. The third-order valence-corrected chi connectivity index (χ3v) is 12.3. The smallest absolute Gasteiger partial charge is 0.127 e. The van der Waals surface area contributed by atoms with Crippen LogP contribution in [0.1, 0.15) is 22.3 Å². The highest BCUT2D eigenvalue weighted by Crippen LogP contribution is 2.61. The van der Waals surface area contributed by atoms with Gasteiger partial charge in [0.25, 0.3) is 0 Å². The minimum atomic E-state index is -0.775. The summed E-state index contributed by atoms with van der Waals surface area (Å²) in [4.78, 5) is 2.44. The SMILES string of the molecule is OCCOc1ccc(C2(c3ccc(OCCO)c(-c4ccccc4)c3)c3cccc(-c4cccs4)c3-c3c(-c4cccs4)cccc32)cc1-c1ccccc1. The summed E-state index contributed by atoms with van der Waals surface area (Å²) in [6, 6.07) is 56.0. The van der Waals surface area contributed by atoms with Gasteiger partial charge >= 0.3 is 0 Å². The second kappa shape index (κ2) is 15.2. The molecule has 0 spiro atoms. The molecule has 0 radical (unpaired) electrons. The number of hydrogen-bond acceptors (Lipinski definition) is 6. The van der Waals surface area contributed by atoms with Crippen LogP contribution in [0, 0.1) is 0 Å². The molecule has 2 N–H and O–H groups in total. The molecule has 1 aliphatic rings. The molecular weight excluding hydrogens is 717 g/mol. The van der Waals surface area contributed by atoms with Crippen LogP contribution in [0.3, 0.4) is 0 Å². The van der Waals surface area contributed by atoms with Gasteiger partial charge in [0, 0.05) is 20.9 Å². The highest BCUT2D eigenvalue weighted by molar-refractivity contribution is 7.14. The molecule has 9 rings (SSSR count). The molecule has 6 heteroatoms. The fourth-order valence-electron chi connectivity index (χ4n) is 8.25. The van der Waals surface area contributed by atoms with Crippen LogP contribution in [0.25, 0.3) is 54.3 Å². The van der Waals surface area contributed by atoms with Crippen molar-refractivity contribution in [1.29, 1.82) is 0 Å². The summed E-state index contributed by atoms with van der Waals surface area (Å²) in [6.45, 7) is 0.232. The molecule has 0 aliphatic heterocycles. The first-order valence-corrected chi connectivity index (χ1v) is 20.2. The molecule has 0 saturated carbocycles. The standard InChI is InChI=1S/C49H38O4S2/c50-25-27-52-43-23-21-35(31-39(43)33-11-3-1-4-12-33)49(36-22-24-44(53-28-26-51)40(32-36)34-13-5-2-6-14-34)41-17-7-15-37(45-19-9-29-54-45)47(41)48-38(16-8-18-42(48)49)46-20-10-30-55-46/h1-24,29-32,50-51H,25-28H2. The fraction of sp³-hybridized carbons (Fsp3) is 0.102. The van der Waals surface area contributed by atoms with Gasteiger partial charge in [-0.25, -0.2) is 0 Å². The topological polar surface area (TPSA) is 58.9 Å². The Morgan fingerprint density at radius 3 is 1.29 bits per heavy atom. The lowest BCUT2D eigenvalue weighted by Crippen LogP contribution is -2.29. The van der Waals surface area contributed by atoms with Gasteiger partial charge in [-0.3, -0.25) is 0 Å². The molecular formula is C49H38O4S2. The molecule has 0 fully saturated rings. The summed E-state index contributed by atoms with van der Waals surface area (Å²) in [5, 5.41) is 23.9. The van der Waals surface area contributed by atoms with Crippen LogP contribution in [-0.4, -0.2) is 36.6 Å². The first-order valence-electron chi connectivity index (χ1n) is 18.4. The molecule has 0 amide bonds. The number of aliphatic hydroxyl groups is 2. The zero-order valence-corrected chi connectivity index (χ0v) is 31.7. The number of thiophene rings is 2. The van der Waals surface area contributed by atoms with Gasteiger partial charge in [0.2, 0.25) is 0 Å². The van der Waals surface area contributed by atoms with Crippen LogP contribution in [0.5, 0.6) is 11.5 Å². The summed E-state index contributed by atoms with van der Waals surface area (Å²) in [7, 11) is 0. The first kappa shape index (κ1) is 35.0. The zero-order chi connectivity index (χ0) is 37.2. The first-order chi connectivity index (χ1) is 27.2. The van der Waals surface area contributed by atoms with Crippen molar-refractivity contribution in [3.8, 4) is 65.8 Å². The Morgan fingerprint density at radius 2 is 0.891 bits per heavy atom. The lowest BCUT2D eigenvalue weighted by atomic mass is 9.66. The lowest BCUT2D eigenvalue weighted by molar-refractivity contribution is 0.202. The second-order valence-corrected chi connectivity index (χ2v) is 15.4. The van der Waals surface area contributed by atoms with E-state index in [-0.39, 0.29) is 26.4 Å². The molecule has 0 atom stereocenters. The van der Waals surface area contributed by atoms with Crippen molar-refractivity contribution in [1.82, 2.24) is 0 Å². The van der Waals surface area contributed by atoms with Gasteiger partial charge in [-0.1, -0.05) is 121 Å². The monoisotopic (exact) mass is 754 g/mol. The van der Waals surface area contributed by atoms with Crippen molar-refractivity contribution < 1.29 is 19.7 Å². The Bertz CT molecular complexity index is 2380. The van der Waals surface area contributed by atoms with Gasteiger partial charge < -0.3 is 19.7 Å². The Morgan fingerprint density at radius 1 is 0.436 bits per heavy atom. The van der Waals surface area contributed by atoms with Crippen molar-refractivity contribution >= 4 is 22.7 Å². The summed E-state index contributed by atoms with van der Waals surface area (Å²) in [5.74, 6) is 1.44. The lowest BCUT2D eigenvalue weighted by Gasteiger charge is -2.35. The number of rotatable bonds is 12. The van der Waals surface area contributed by atoms with E-state index in [4.69, 9.17) is 9.47 Å². The number of ether oxygens (including phenoxy) is 2. The van der Waals surface area contributed by atoms with E-state index in [2.05, 4.69) is 132 Å². The molecule has 2 aromatic heterocycles. The maximum Gasteiger partial charge on any atom is 0.127 e. The van der Waals surface area contributed by atoms with Crippen molar-refractivity contribution in [2.24, 2.45) is 0 Å². The number of fused-ring (bicyclic) bond motifs is 3. The van der Waals surface area contributed by atoms with Crippen molar-refractivity contribution in [2.75, 3.05) is 26.4 Å². The van der Waals surface area contributed by atoms with Crippen LogP contribution in [-0.2, 0) is 5.41 Å². The largest absolute Gasteiger partial charge is 0.491 e. The third kappa shape index (κ3) is 6.08. The van der Waals surface area contributed by atoms with Gasteiger partial charge in [0.1, 0.15) is 24.7 Å². The highest BCUT2D eigenvalue weighted by atomic mass is 32.1. The minimum Gasteiger partial charge on any atom is -0.491 e. The molecule has 2 heterocycles. The molecule has 270 valence electrons. The molecule has 4 nitrogen and oxygen atoms in total. The zero-order valence-electron chi connectivity index (χ0n) is 30.0. The predicted molar refractivity (Wildman–Crippen MR) is 226 cm³/mol. The van der Waals surface area contributed by atoms with Crippen LogP contribution >= 0.6 is 22.7 Å². The normalized spacial score (nSPS) is 12.6. The van der Waals surface area contributed by atoms with Gasteiger partial charge in [0.15, 0.2) is 0 Å². The third-order valence-electron chi connectivity index (χ3n) is 10.5. The summed E-state index contributed by atoms with van der Waals surface area (Å²) >= 11 is 3.52. The van der Waals surface area contributed by atoms with E-state index in [1.165, 1.54) is 43.1 Å². The van der Waals surface area contributed by atoms with E-state index < -0.39 is 5.41 Å². The van der Waals surface area contributed by atoms with Crippen LogP contribution < -0.4 is 9.47 Å². The maximum absolute atomic E-state index is 9.78. The Kier molecular flexibility index (Phi) is 9.65. The average Bonchev–Trinajstić information content (AvgIpc) is 4.04. The Labute approximate surface area is 329 Å². The Hall–Kier alpha value is -5.76. The van der Waals surface area contributed by atoms with Gasteiger partial charge in [0.05, 0.1) is 18.6 Å². The highest BCUT2D eigenvalue weighted by Gasteiger charge is 2.48. The number of hydrogen-bond donors (Lipinski definition) is 2. The van der Waals surface area contributed by atoms with Crippen LogP contribution in [0.2, 0.25) is 0 Å². The fourth-order valence-corrected chi connectivity index (χ4v) is 9.77. The second-order valence-electron chi connectivity index (χ2n) is 13.5. The van der Waals surface area contributed by atoms with Gasteiger partial charge in [-0.05, 0) is 103 Å². The van der Waals surface area contributed by atoms with Gasteiger partial charge in [-0.15, -0.1) is 22.7 Å². The number of aliphatic hydroxyl groups excluding tert-OH is 2. The van der Waals surface area contributed by atoms with Crippen molar-refractivity contribution in [3.05, 3.63) is 191 Å². The molecule has 8 aromatic rings. The van der Waals surface area contributed by atoms with Crippen LogP contribution in [0.15, 0.2) is 168 Å².